The molecule has 2 heteroatoms. The molecule has 0 spiro atoms. The maximum absolute atomic E-state index is 11.4. The second kappa shape index (κ2) is 3.89. The second-order valence-electron chi connectivity index (χ2n) is 3.80. The lowest BCUT2D eigenvalue weighted by molar-refractivity contribution is -0.136. The first-order valence-corrected chi connectivity index (χ1v) is 5.09. The Kier molecular flexibility index (Phi) is 2.58. The Hall–Kier alpha value is -1.57. The highest BCUT2D eigenvalue weighted by Crippen LogP contribution is 2.26. The summed E-state index contributed by atoms with van der Waals surface area (Å²) < 4.78 is 4.73. The van der Waals surface area contributed by atoms with Gasteiger partial charge in [-0.2, -0.15) is 0 Å². The van der Waals surface area contributed by atoms with Crippen LogP contribution in [0.2, 0.25) is 0 Å². The predicted molar refractivity (Wildman–Crippen MR) is 59.5 cm³/mol. The van der Waals surface area contributed by atoms with Gasteiger partial charge in [0.2, 0.25) is 0 Å². The Balaban J connectivity index is 2.42. The maximum Gasteiger partial charge on any atom is 0.333 e. The van der Waals surface area contributed by atoms with E-state index < -0.39 is 0 Å². The highest BCUT2D eigenvalue weighted by molar-refractivity contribution is 5.94. The topological polar surface area (TPSA) is 26.3 Å². The Labute approximate surface area is 89.6 Å². The van der Waals surface area contributed by atoms with E-state index in [9.17, 15) is 4.79 Å². The van der Waals surface area contributed by atoms with Crippen molar-refractivity contribution in [3.63, 3.8) is 0 Å². The molecule has 0 amide bonds. The molecule has 0 bridgehead atoms. The number of carbonyl (C=O) groups is 1. The van der Waals surface area contributed by atoms with Gasteiger partial charge in [0.25, 0.3) is 0 Å². The number of methoxy groups -OCH3 is 1. The lowest BCUT2D eigenvalue weighted by Gasteiger charge is -2.16. The van der Waals surface area contributed by atoms with Crippen molar-refractivity contribution in [2.75, 3.05) is 7.11 Å². The zero-order valence-electron chi connectivity index (χ0n) is 9.04. The quantitative estimate of drug-likeness (QED) is 0.654. The first-order chi connectivity index (χ1) is 7.22. The molecule has 2 nitrogen and oxygen atoms in total. The molecule has 0 saturated carbocycles. The van der Waals surface area contributed by atoms with E-state index in [0.29, 0.717) is 0 Å². The monoisotopic (exact) mass is 202 g/mol. The number of fused-ring (bicyclic) bond motifs is 1. The largest absolute Gasteiger partial charge is 0.466 e. The fraction of sp³-hybridized carbons (Fsp3) is 0.308. The minimum atomic E-state index is -0.206. The van der Waals surface area contributed by atoms with Crippen LogP contribution in [0.3, 0.4) is 0 Å². The number of benzene rings is 1. The van der Waals surface area contributed by atoms with E-state index in [1.807, 2.05) is 18.2 Å². The minimum Gasteiger partial charge on any atom is -0.466 e. The van der Waals surface area contributed by atoms with Crippen LogP contribution in [0.4, 0.5) is 0 Å². The molecule has 0 aliphatic heterocycles. The normalized spacial score (nSPS) is 14.1. The SMILES string of the molecule is COC(=O)C1=Cc2cccc(C)c2CC1. The van der Waals surface area contributed by atoms with Crippen LogP contribution in [-0.2, 0) is 16.0 Å². The molecule has 1 aromatic carbocycles. The van der Waals surface area contributed by atoms with Crippen molar-refractivity contribution in [2.24, 2.45) is 0 Å². The van der Waals surface area contributed by atoms with E-state index in [-0.39, 0.29) is 5.97 Å². The zero-order valence-corrected chi connectivity index (χ0v) is 9.04. The van der Waals surface area contributed by atoms with Crippen LogP contribution in [0.1, 0.15) is 23.1 Å². The standard InChI is InChI=1S/C13H14O2/c1-9-4-3-5-10-8-11(13(14)15-2)6-7-12(9)10/h3-5,8H,6-7H2,1-2H3. The van der Waals surface area contributed by atoms with E-state index >= 15 is 0 Å². The summed E-state index contributed by atoms with van der Waals surface area (Å²) in [7, 11) is 1.43. The summed E-state index contributed by atoms with van der Waals surface area (Å²) >= 11 is 0. The molecule has 0 unspecified atom stereocenters. The lowest BCUT2D eigenvalue weighted by atomic mass is 9.89. The third-order valence-electron chi connectivity index (χ3n) is 2.87. The number of rotatable bonds is 1. The lowest BCUT2D eigenvalue weighted by Crippen LogP contribution is -2.10. The third kappa shape index (κ3) is 1.80. The minimum absolute atomic E-state index is 0.206. The molecule has 2 rings (SSSR count). The number of aryl methyl sites for hydroxylation is 1. The number of esters is 1. The van der Waals surface area contributed by atoms with Crippen molar-refractivity contribution in [3.05, 3.63) is 40.5 Å². The first kappa shape index (κ1) is 9.97. The summed E-state index contributed by atoms with van der Waals surface area (Å²) in [5.74, 6) is -0.206. The van der Waals surface area contributed by atoms with E-state index in [4.69, 9.17) is 4.74 Å². The summed E-state index contributed by atoms with van der Waals surface area (Å²) in [5, 5.41) is 0. The molecule has 78 valence electrons. The van der Waals surface area contributed by atoms with Crippen LogP contribution >= 0.6 is 0 Å². The average Bonchev–Trinajstić information content (AvgIpc) is 2.28. The predicted octanol–water partition coefficient (Wildman–Crippen LogP) is 2.50. The fourth-order valence-electron chi connectivity index (χ4n) is 2.01. The Morgan fingerprint density at radius 1 is 1.33 bits per heavy atom. The van der Waals surface area contributed by atoms with Gasteiger partial charge in [-0.05, 0) is 42.5 Å². The van der Waals surface area contributed by atoms with Crippen molar-refractivity contribution >= 4 is 12.0 Å². The van der Waals surface area contributed by atoms with Crippen LogP contribution in [0.25, 0.3) is 6.08 Å². The zero-order chi connectivity index (χ0) is 10.8. The molecule has 1 aliphatic carbocycles. The van der Waals surface area contributed by atoms with Gasteiger partial charge < -0.3 is 4.74 Å². The van der Waals surface area contributed by atoms with Crippen molar-refractivity contribution in [1.82, 2.24) is 0 Å². The maximum atomic E-state index is 11.4. The highest BCUT2D eigenvalue weighted by Gasteiger charge is 2.17. The molecule has 0 fully saturated rings. The Morgan fingerprint density at radius 2 is 2.13 bits per heavy atom. The van der Waals surface area contributed by atoms with Gasteiger partial charge in [0.1, 0.15) is 0 Å². The molecule has 0 aromatic heterocycles. The molecular weight excluding hydrogens is 188 g/mol. The van der Waals surface area contributed by atoms with Gasteiger partial charge in [0.05, 0.1) is 7.11 Å². The third-order valence-corrected chi connectivity index (χ3v) is 2.87. The molecule has 1 aliphatic rings. The number of ether oxygens (including phenoxy) is 1. The molecule has 0 radical (unpaired) electrons. The van der Waals surface area contributed by atoms with Crippen LogP contribution in [-0.4, -0.2) is 13.1 Å². The summed E-state index contributed by atoms with van der Waals surface area (Å²) in [5.41, 5.74) is 4.58. The van der Waals surface area contributed by atoms with Gasteiger partial charge >= 0.3 is 5.97 Å². The van der Waals surface area contributed by atoms with Crippen molar-refractivity contribution in [1.29, 1.82) is 0 Å². The highest BCUT2D eigenvalue weighted by atomic mass is 16.5. The number of carbonyl (C=O) groups excluding carboxylic acids is 1. The van der Waals surface area contributed by atoms with E-state index in [2.05, 4.69) is 13.0 Å². The van der Waals surface area contributed by atoms with Gasteiger partial charge in [-0.15, -0.1) is 0 Å². The summed E-state index contributed by atoms with van der Waals surface area (Å²) in [6.07, 6.45) is 3.66. The fourth-order valence-corrected chi connectivity index (χ4v) is 2.01. The van der Waals surface area contributed by atoms with Crippen molar-refractivity contribution in [3.8, 4) is 0 Å². The van der Waals surface area contributed by atoms with E-state index in [1.165, 1.54) is 18.2 Å². The summed E-state index contributed by atoms with van der Waals surface area (Å²) in [6, 6.07) is 6.17. The Morgan fingerprint density at radius 3 is 2.87 bits per heavy atom. The molecule has 0 atom stereocenters. The van der Waals surface area contributed by atoms with Gasteiger partial charge in [0.15, 0.2) is 0 Å². The van der Waals surface area contributed by atoms with Gasteiger partial charge in [-0.25, -0.2) is 4.79 Å². The van der Waals surface area contributed by atoms with E-state index in [0.717, 1.165) is 24.0 Å². The van der Waals surface area contributed by atoms with Gasteiger partial charge in [-0.1, -0.05) is 18.2 Å². The van der Waals surface area contributed by atoms with Crippen LogP contribution in [0.15, 0.2) is 23.8 Å². The van der Waals surface area contributed by atoms with Gasteiger partial charge in [-0.3, -0.25) is 0 Å². The number of hydrogen-bond donors (Lipinski definition) is 0. The molecule has 0 heterocycles. The van der Waals surface area contributed by atoms with Gasteiger partial charge in [0, 0.05) is 5.57 Å². The molecule has 0 N–H and O–H groups in total. The molecular formula is C13H14O2. The van der Waals surface area contributed by atoms with Crippen molar-refractivity contribution < 1.29 is 9.53 Å². The van der Waals surface area contributed by atoms with Crippen molar-refractivity contribution in [2.45, 2.75) is 19.8 Å². The number of hydrogen-bond acceptors (Lipinski definition) is 2. The first-order valence-electron chi connectivity index (χ1n) is 5.09. The Bertz CT molecular complexity index is 430. The summed E-state index contributed by atoms with van der Waals surface area (Å²) in [4.78, 5) is 11.4. The van der Waals surface area contributed by atoms with Crippen LogP contribution < -0.4 is 0 Å². The molecule has 1 aromatic rings. The second-order valence-corrected chi connectivity index (χ2v) is 3.80. The molecule has 15 heavy (non-hydrogen) atoms. The van der Waals surface area contributed by atoms with Crippen LogP contribution in [0.5, 0.6) is 0 Å². The smallest absolute Gasteiger partial charge is 0.333 e. The van der Waals surface area contributed by atoms with E-state index in [1.54, 1.807) is 0 Å². The molecule has 0 saturated heterocycles. The van der Waals surface area contributed by atoms with Crippen LogP contribution in [0, 0.1) is 6.92 Å². The average molecular weight is 202 g/mol. The summed E-state index contributed by atoms with van der Waals surface area (Å²) in [6.45, 7) is 2.11.